The van der Waals surface area contributed by atoms with Crippen molar-refractivity contribution in [2.24, 2.45) is 0 Å². The van der Waals surface area contributed by atoms with Crippen molar-refractivity contribution in [3.05, 3.63) is 53.6 Å². The highest BCUT2D eigenvalue weighted by Crippen LogP contribution is 2.33. The van der Waals surface area contributed by atoms with Gasteiger partial charge in [-0.1, -0.05) is 25.1 Å². The number of benzene rings is 2. The van der Waals surface area contributed by atoms with Gasteiger partial charge in [-0.25, -0.2) is 8.42 Å². The molecule has 0 aromatic heterocycles. The lowest BCUT2D eigenvalue weighted by Crippen LogP contribution is -2.29. The molecule has 0 aliphatic carbocycles. The summed E-state index contributed by atoms with van der Waals surface area (Å²) in [5.41, 5.74) is 2.71. The molecule has 5 heteroatoms. The Hall–Kier alpha value is -2.01. The second-order valence-corrected chi connectivity index (χ2v) is 7.59. The normalized spacial score (nSPS) is 13.9. The van der Waals surface area contributed by atoms with Crippen molar-refractivity contribution in [1.29, 1.82) is 0 Å². The smallest absolute Gasteiger partial charge is 0.264 e. The Morgan fingerprint density at radius 1 is 1.17 bits per heavy atom. The van der Waals surface area contributed by atoms with Crippen molar-refractivity contribution in [2.75, 3.05) is 17.5 Å². The molecule has 4 nitrogen and oxygen atoms in total. The second-order valence-electron chi connectivity index (χ2n) is 5.73. The van der Waals surface area contributed by atoms with Crippen LogP contribution in [0.15, 0.2) is 47.4 Å². The Labute approximate surface area is 137 Å². The molecular formula is C18H21NO3S. The monoisotopic (exact) mass is 331 g/mol. The van der Waals surface area contributed by atoms with Gasteiger partial charge in [-0.05, 0) is 55.2 Å². The van der Waals surface area contributed by atoms with Crippen LogP contribution >= 0.6 is 0 Å². The van der Waals surface area contributed by atoms with Gasteiger partial charge < -0.3 is 4.74 Å². The molecule has 0 N–H and O–H groups in total. The van der Waals surface area contributed by atoms with Gasteiger partial charge in [0.25, 0.3) is 10.0 Å². The number of ether oxygens (including phenoxy) is 1. The van der Waals surface area contributed by atoms with E-state index in [-0.39, 0.29) is 0 Å². The maximum atomic E-state index is 13.0. The lowest BCUT2D eigenvalue weighted by molar-refractivity contribution is 0.315. The molecule has 2 aromatic carbocycles. The molecule has 0 saturated heterocycles. The highest BCUT2D eigenvalue weighted by Gasteiger charge is 2.30. The summed E-state index contributed by atoms with van der Waals surface area (Å²) < 4.78 is 33.1. The highest BCUT2D eigenvalue weighted by molar-refractivity contribution is 7.92. The van der Waals surface area contributed by atoms with E-state index in [1.807, 2.05) is 38.1 Å². The molecule has 1 heterocycles. The molecule has 0 fully saturated rings. The first-order valence-corrected chi connectivity index (χ1v) is 9.32. The Bertz CT molecular complexity index is 815. The number of sulfonamides is 1. The van der Waals surface area contributed by atoms with Crippen LogP contribution in [0.5, 0.6) is 5.75 Å². The number of anilines is 1. The van der Waals surface area contributed by atoms with Gasteiger partial charge in [0.15, 0.2) is 0 Å². The first-order chi connectivity index (χ1) is 11.0. The van der Waals surface area contributed by atoms with Crippen LogP contribution in [0.3, 0.4) is 0 Å². The van der Waals surface area contributed by atoms with Crippen molar-refractivity contribution in [3.8, 4) is 5.75 Å². The third kappa shape index (κ3) is 2.93. The van der Waals surface area contributed by atoms with E-state index in [0.29, 0.717) is 18.0 Å². The van der Waals surface area contributed by atoms with Crippen LogP contribution in [-0.4, -0.2) is 21.6 Å². The number of fused-ring (bicyclic) bond motifs is 1. The fraction of sp³-hybridized carbons (Fsp3) is 0.333. The van der Waals surface area contributed by atoms with Crippen LogP contribution in [0.1, 0.15) is 24.5 Å². The Morgan fingerprint density at radius 2 is 1.96 bits per heavy atom. The molecule has 0 saturated carbocycles. The van der Waals surface area contributed by atoms with Crippen LogP contribution in [0, 0.1) is 6.92 Å². The molecule has 0 bridgehead atoms. The minimum atomic E-state index is -3.53. The molecule has 0 radical (unpaired) electrons. The Kier molecular flexibility index (Phi) is 4.31. The van der Waals surface area contributed by atoms with E-state index in [9.17, 15) is 8.42 Å². The highest BCUT2D eigenvalue weighted by atomic mass is 32.2. The Morgan fingerprint density at radius 3 is 2.70 bits per heavy atom. The Balaban J connectivity index is 1.93. The predicted octanol–water partition coefficient (Wildman–Crippen LogP) is 3.54. The van der Waals surface area contributed by atoms with E-state index in [4.69, 9.17) is 4.74 Å². The van der Waals surface area contributed by atoms with E-state index >= 15 is 0 Å². The van der Waals surface area contributed by atoms with Crippen LogP contribution in [0.2, 0.25) is 0 Å². The third-order valence-electron chi connectivity index (χ3n) is 4.04. The minimum absolute atomic E-state index is 0.315. The van der Waals surface area contributed by atoms with Gasteiger partial charge in [-0.3, -0.25) is 4.31 Å². The lowest BCUT2D eigenvalue weighted by Gasteiger charge is -2.20. The lowest BCUT2D eigenvalue weighted by atomic mass is 10.2. The third-order valence-corrected chi connectivity index (χ3v) is 5.85. The van der Waals surface area contributed by atoms with Crippen molar-refractivity contribution >= 4 is 15.7 Å². The topological polar surface area (TPSA) is 46.6 Å². The zero-order chi connectivity index (χ0) is 16.4. The molecule has 122 valence electrons. The molecule has 1 aliphatic heterocycles. The van der Waals surface area contributed by atoms with E-state index < -0.39 is 10.0 Å². The largest absolute Gasteiger partial charge is 0.493 e. The molecule has 0 unspecified atom stereocenters. The van der Waals surface area contributed by atoms with E-state index in [1.165, 1.54) is 4.31 Å². The average Bonchev–Trinajstić information content (AvgIpc) is 2.98. The van der Waals surface area contributed by atoms with Gasteiger partial charge in [0.1, 0.15) is 5.75 Å². The zero-order valence-electron chi connectivity index (χ0n) is 13.5. The van der Waals surface area contributed by atoms with Gasteiger partial charge in [0, 0.05) is 6.54 Å². The number of rotatable bonds is 5. The number of hydrogen-bond acceptors (Lipinski definition) is 3. The average molecular weight is 331 g/mol. The fourth-order valence-electron chi connectivity index (χ4n) is 2.84. The van der Waals surface area contributed by atoms with E-state index in [0.717, 1.165) is 35.4 Å². The van der Waals surface area contributed by atoms with Gasteiger partial charge in [0.05, 0.1) is 17.2 Å². The maximum absolute atomic E-state index is 13.0. The first-order valence-electron chi connectivity index (χ1n) is 7.88. The van der Waals surface area contributed by atoms with E-state index in [2.05, 4.69) is 0 Å². The van der Waals surface area contributed by atoms with E-state index in [1.54, 1.807) is 18.2 Å². The summed E-state index contributed by atoms with van der Waals surface area (Å²) in [6.45, 7) is 5.04. The summed E-state index contributed by atoms with van der Waals surface area (Å²) in [6, 6.07) is 12.7. The van der Waals surface area contributed by atoms with Gasteiger partial charge in [0.2, 0.25) is 0 Å². The van der Waals surface area contributed by atoms with Gasteiger partial charge >= 0.3 is 0 Å². The van der Waals surface area contributed by atoms with Crippen molar-refractivity contribution in [2.45, 2.75) is 31.6 Å². The standard InChI is InChI=1S/C18H21NO3S/c1-3-12-22-18-9-8-16(13-14(18)2)23(20,21)19-11-10-15-6-4-5-7-17(15)19/h4-9,13H,3,10-12H2,1-2H3. The number of para-hydroxylation sites is 1. The van der Waals surface area contributed by atoms with Crippen molar-refractivity contribution < 1.29 is 13.2 Å². The molecule has 0 amide bonds. The number of hydrogen-bond donors (Lipinski definition) is 0. The van der Waals surface area contributed by atoms with Gasteiger partial charge in [-0.15, -0.1) is 0 Å². The second kappa shape index (κ2) is 6.24. The molecule has 1 aliphatic rings. The van der Waals surface area contributed by atoms with Crippen molar-refractivity contribution in [1.82, 2.24) is 0 Å². The summed E-state index contributed by atoms with van der Waals surface area (Å²) >= 11 is 0. The molecule has 2 aromatic rings. The SMILES string of the molecule is CCCOc1ccc(S(=O)(=O)N2CCc3ccccc32)cc1C. The quantitative estimate of drug-likeness (QED) is 0.842. The molecule has 3 rings (SSSR count). The zero-order valence-corrected chi connectivity index (χ0v) is 14.3. The van der Waals surface area contributed by atoms with Crippen molar-refractivity contribution in [3.63, 3.8) is 0 Å². The fourth-order valence-corrected chi connectivity index (χ4v) is 4.43. The molecular weight excluding hydrogens is 310 g/mol. The summed E-state index contributed by atoms with van der Waals surface area (Å²) in [7, 11) is -3.53. The minimum Gasteiger partial charge on any atom is -0.493 e. The molecule has 0 spiro atoms. The summed E-state index contributed by atoms with van der Waals surface area (Å²) in [4.78, 5) is 0.315. The van der Waals surface area contributed by atoms with Crippen LogP contribution in [0.4, 0.5) is 5.69 Å². The van der Waals surface area contributed by atoms with Gasteiger partial charge in [-0.2, -0.15) is 0 Å². The first kappa shape index (κ1) is 15.9. The van der Waals surface area contributed by atoms with Crippen LogP contribution < -0.4 is 9.04 Å². The summed E-state index contributed by atoms with van der Waals surface area (Å²) in [5, 5.41) is 0. The number of aryl methyl sites for hydroxylation is 1. The van der Waals surface area contributed by atoms with Crippen LogP contribution in [0.25, 0.3) is 0 Å². The summed E-state index contributed by atoms with van der Waals surface area (Å²) in [5.74, 6) is 0.743. The predicted molar refractivity (Wildman–Crippen MR) is 91.6 cm³/mol. The molecule has 23 heavy (non-hydrogen) atoms. The summed E-state index contributed by atoms with van der Waals surface area (Å²) in [6.07, 6.45) is 1.68. The molecule has 0 atom stereocenters. The maximum Gasteiger partial charge on any atom is 0.264 e. The van der Waals surface area contributed by atoms with Crippen LogP contribution in [-0.2, 0) is 16.4 Å². The number of nitrogens with zero attached hydrogens (tertiary/aromatic N) is 1.